The van der Waals surface area contributed by atoms with E-state index in [4.69, 9.17) is 5.73 Å². The lowest BCUT2D eigenvalue weighted by Crippen LogP contribution is -2.35. The van der Waals surface area contributed by atoms with Crippen LogP contribution in [0.1, 0.15) is 39.5 Å². The third-order valence-corrected chi connectivity index (χ3v) is 5.41. The summed E-state index contributed by atoms with van der Waals surface area (Å²) in [5, 5.41) is -0.121. The van der Waals surface area contributed by atoms with Crippen molar-refractivity contribution in [2.45, 2.75) is 50.8 Å². The molecule has 0 heterocycles. The van der Waals surface area contributed by atoms with Crippen LogP contribution in [0.25, 0.3) is 0 Å². The molecule has 92 valence electrons. The molecule has 0 aromatic carbocycles. The molecular formula is C10H22ClNO2S. The predicted octanol–water partition coefficient (Wildman–Crippen LogP) is 1.75. The van der Waals surface area contributed by atoms with Gasteiger partial charge in [0, 0.05) is 6.04 Å². The molecule has 0 saturated heterocycles. The van der Waals surface area contributed by atoms with Crippen LogP contribution in [0.2, 0.25) is 0 Å². The molecule has 2 N–H and O–H groups in total. The Morgan fingerprint density at radius 2 is 1.67 bits per heavy atom. The van der Waals surface area contributed by atoms with E-state index in [0.29, 0.717) is 5.75 Å². The second-order valence-corrected chi connectivity index (χ2v) is 7.09. The molecular weight excluding hydrogens is 234 g/mol. The fourth-order valence-corrected chi connectivity index (χ4v) is 4.24. The van der Waals surface area contributed by atoms with Gasteiger partial charge in [-0.1, -0.05) is 13.8 Å². The highest BCUT2D eigenvalue weighted by Crippen LogP contribution is 2.24. The zero-order valence-electron chi connectivity index (χ0n) is 9.48. The SMILES string of the molecule is CC(C)CS(=O)(=O)C1CCC(N)CC1.Cl. The number of hydrogen-bond donors (Lipinski definition) is 1. The first kappa shape index (κ1) is 15.2. The summed E-state index contributed by atoms with van der Waals surface area (Å²) in [6, 6.07) is 0.223. The van der Waals surface area contributed by atoms with Gasteiger partial charge in [-0.3, -0.25) is 0 Å². The molecule has 1 saturated carbocycles. The van der Waals surface area contributed by atoms with E-state index in [2.05, 4.69) is 0 Å². The molecule has 0 aliphatic heterocycles. The molecule has 0 spiro atoms. The van der Waals surface area contributed by atoms with Gasteiger partial charge in [0.15, 0.2) is 9.84 Å². The molecule has 0 bridgehead atoms. The van der Waals surface area contributed by atoms with Crippen LogP contribution in [-0.4, -0.2) is 25.5 Å². The first-order valence-corrected chi connectivity index (χ1v) is 7.10. The molecule has 15 heavy (non-hydrogen) atoms. The number of sulfone groups is 1. The third kappa shape index (κ3) is 4.70. The smallest absolute Gasteiger partial charge is 0.153 e. The Hall–Kier alpha value is 0.200. The molecule has 1 aliphatic carbocycles. The van der Waals surface area contributed by atoms with Crippen LogP contribution in [0, 0.1) is 5.92 Å². The van der Waals surface area contributed by atoms with Crippen molar-refractivity contribution >= 4 is 22.2 Å². The summed E-state index contributed by atoms with van der Waals surface area (Å²) in [5.74, 6) is 0.558. The summed E-state index contributed by atoms with van der Waals surface area (Å²) in [6.07, 6.45) is 3.25. The molecule has 0 aromatic heterocycles. The number of halogens is 1. The lowest BCUT2D eigenvalue weighted by atomic mass is 9.96. The highest BCUT2D eigenvalue weighted by Gasteiger charge is 2.29. The van der Waals surface area contributed by atoms with Gasteiger partial charge < -0.3 is 5.73 Å². The first-order valence-electron chi connectivity index (χ1n) is 5.39. The van der Waals surface area contributed by atoms with Gasteiger partial charge in [0.25, 0.3) is 0 Å². The average molecular weight is 256 g/mol. The minimum Gasteiger partial charge on any atom is -0.328 e. The van der Waals surface area contributed by atoms with Crippen molar-refractivity contribution in [2.75, 3.05) is 5.75 Å². The Morgan fingerprint density at radius 1 is 1.20 bits per heavy atom. The monoisotopic (exact) mass is 255 g/mol. The summed E-state index contributed by atoms with van der Waals surface area (Å²) in [5.41, 5.74) is 5.75. The average Bonchev–Trinajstić information content (AvgIpc) is 2.02. The summed E-state index contributed by atoms with van der Waals surface area (Å²) < 4.78 is 23.7. The van der Waals surface area contributed by atoms with Crippen molar-refractivity contribution < 1.29 is 8.42 Å². The molecule has 0 atom stereocenters. The maximum atomic E-state index is 11.9. The lowest BCUT2D eigenvalue weighted by molar-refractivity contribution is 0.432. The molecule has 1 aliphatic rings. The molecule has 0 unspecified atom stereocenters. The van der Waals surface area contributed by atoms with Crippen LogP contribution in [0.15, 0.2) is 0 Å². The van der Waals surface area contributed by atoms with Gasteiger partial charge in [-0.25, -0.2) is 8.42 Å². The van der Waals surface area contributed by atoms with E-state index < -0.39 is 9.84 Å². The van der Waals surface area contributed by atoms with Crippen molar-refractivity contribution in [3.8, 4) is 0 Å². The van der Waals surface area contributed by atoms with E-state index in [9.17, 15) is 8.42 Å². The standard InChI is InChI=1S/C10H21NO2S.ClH/c1-8(2)7-14(12,13)10-5-3-9(11)4-6-10;/h8-10H,3-7,11H2,1-2H3;1H. The van der Waals surface area contributed by atoms with Crippen LogP contribution >= 0.6 is 12.4 Å². The van der Waals surface area contributed by atoms with Gasteiger partial charge >= 0.3 is 0 Å². The number of hydrogen-bond acceptors (Lipinski definition) is 3. The molecule has 0 aromatic rings. The van der Waals surface area contributed by atoms with E-state index in [1.807, 2.05) is 13.8 Å². The van der Waals surface area contributed by atoms with Crippen molar-refractivity contribution in [3.05, 3.63) is 0 Å². The van der Waals surface area contributed by atoms with E-state index in [1.165, 1.54) is 0 Å². The Balaban J connectivity index is 0.00000196. The van der Waals surface area contributed by atoms with E-state index >= 15 is 0 Å². The Bertz CT molecular complexity index is 269. The van der Waals surface area contributed by atoms with Crippen LogP contribution in [0.5, 0.6) is 0 Å². The second-order valence-electron chi connectivity index (χ2n) is 4.76. The van der Waals surface area contributed by atoms with Crippen molar-refractivity contribution in [2.24, 2.45) is 11.7 Å². The van der Waals surface area contributed by atoms with Crippen LogP contribution in [0.4, 0.5) is 0 Å². The van der Waals surface area contributed by atoms with Gasteiger partial charge in [0.05, 0.1) is 11.0 Å². The number of nitrogens with two attached hydrogens (primary N) is 1. The van der Waals surface area contributed by atoms with Gasteiger partial charge in [0.1, 0.15) is 0 Å². The highest BCUT2D eigenvalue weighted by molar-refractivity contribution is 7.92. The summed E-state index contributed by atoms with van der Waals surface area (Å²) in [4.78, 5) is 0. The second kappa shape index (κ2) is 6.06. The van der Waals surface area contributed by atoms with Gasteiger partial charge in [0.2, 0.25) is 0 Å². The van der Waals surface area contributed by atoms with Crippen LogP contribution in [-0.2, 0) is 9.84 Å². The van der Waals surface area contributed by atoms with Crippen LogP contribution in [0.3, 0.4) is 0 Å². The van der Waals surface area contributed by atoms with Gasteiger partial charge in [-0.05, 0) is 31.6 Å². The molecule has 0 radical (unpaired) electrons. The predicted molar refractivity (Wildman–Crippen MR) is 66.1 cm³/mol. The minimum absolute atomic E-state index is 0. The number of rotatable bonds is 3. The largest absolute Gasteiger partial charge is 0.328 e. The summed E-state index contributed by atoms with van der Waals surface area (Å²) in [7, 11) is -2.86. The molecule has 3 nitrogen and oxygen atoms in total. The Morgan fingerprint density at radius 3 is 2.07 bits per heavy atom. The van der Waals surface area contributed by atoms with Crippen LogP contribution < -0.4 is 5.73 Å². The maximum Gasteiger partial charge on any atom is 0.153 e. The zero-order valence-corrected chi connectivity index (χ0v) is 11.1. The first-order chi connectivity index (χ1) is 6.42. The fourth-order valence-electron chi connectivity index (χ4n) is 2.05. The van der Waals surface area contributed by atoms with E-state index in [-0.39, 0.29) is 29.6 Å². The van der Waals surface area contributed by atoms with Crippen molar-refractivity contribution in [3.63, 3.8) is 0 Å². The Kier molecular flexibility index (Phi) is 6.14. The van der Waals surface area contributed by atoms with Crippen molar-refractivity contribution in [1.82, 2.24) is 0 Å². The molecule has 0 amide bonds. The normalized spacial score (nSPS) is 27.5. The quantitative estimate of drug-likeness (QED) is 0.836. The van der Waals surface area contributed by atoms with Gasteiger partial charge in [-0.2, -0.15) is 0 Å². The fraction of sp³-hybridized carbons (Fsp3) is 1.00. The maximum absolute atomic E-state index is 11.9. The van der Waals surface area contributed by atoms with Crippen molar-refractivity contribution in [1.29, 1.82) is 0 Å². The minimum atomic E-state index is -2.86. The summed E-state index contributed by atoms with van der Waals surface area (Å²) in [6.45, 7) is 3.90. The van der Waals surface area contributed by atoms with Gasteiger partial charge in [-0.15, -0.1) is 12.4 Å². The molecule has 1 rings (SSSR count). The highest BCUT2D eigenvalue weighted by atomic mass is 35.5. The van der Waals surface area contributed by atoms with E-state index in [0.717, 1.165) is 25.7 Å². The molecule has 1 fully saturated rings. The zero-order chi connectivity index (χ0) is 10.8. The third-order valence-electron chi connectivity index (χ3n) is 2.79. The topological polar surface area (TPSA) is 60.2 Å². The lowest BCUT2D eigenvalue weighted by Gasteiger charge is -2.26. The Labute approximate surface area is 99.1 Å². The molecule has 5 heteroatoms. The summed E-state index contributed by atoms with van der Waals surface area (Å²) >= 11 is 0. The van der Waals surface area contributed by atoms with E-state index in [1.54, 1.807) is 0 Å².